The number of carbonyl (C=O) groups excluding carboxylic acids is 1. The lowest BCUT2D eigenvalue weighted by Crippen LogP contribution is -2.31. The minimum absolute atomic E-state index is 0.173. The molecule has 1 aromatic heterocycles. The number of nitrogens with one attached hydrogen (secondary N) is 1. The third-order valence-electron chi connectivity index (χ3n) is 6.03. The summed E-state index contributed by atoms with van der Waals surface area (Å²) in [5, 5.41) is 2.85. The van der Waals surface area contributed by atoms with Crippen LogP contribution in [0.3, 0.4) is 0 Å². The number of carbonyl (C=O) groups is 1. The lowest BCUT2D eigenvalue weighted by Gasteiger charge is -2.19. The first-order chi connectivity index (χ1) is 16.0. The van der Waals surface area contributed by atoms with E-state index in [0.717, 1.165) is 26.1 Å². The number of pyridine rings is 1. The second kappa shape index (κ2) is 10.4. The predicted octanol–water partition coefficient (Wildman–Crippen LogP) is 3.03. The molecule has 0 fully saturated rings. The Hall–Kier alpha value is -3.45. The summed E-state index contributed by atoms with van der Waals surface area (Å²) in [4.78, 5) is 28.2. The second-order valence-corrected chi connectivity index (χ2v) is 8.16. The van der Waals surface area contributed by atoms with E-state index in [4.69, 9.17) is 4.74 Å². The van der Waals surface area contributed by atoms with Gasteiger partial charge in [0.2, 0.25) is 0 Å². The average Bonchev–Trinajstić information content (AvgIpc) is 3.05. The van der Waals surface area contributed by atoms with E-state index in [2.05, 4.69) is 22.3 Å². The summed E-state index contributed by atoms with van der Waals surface area (Å²) >= 11 is 0. The van der Waals surface area contributed by atoms with Crippen LogP contribution < -0.4 is 15.6 Å². The molecule has 7 heteroatoms. The van der Waals surface area contributed by atoms with Crippen molar-refractivity contribution in [1.29, 1.82) is 0 Å². The normalized spacial score (nSPS) is 13.8. The van der Waals surface area contributed by atoms with Crippen molar-refractivity contribution in [3.8, 4) is 5.75 Å². The molecule has 2 aromatic carbocycles. The summed E-state index contributed by atoms with van der Waals surface area (Å²) in [6.07, 6.45) is 1.49. The number of methoxy groups -OCH3 is 1. The van der Waals surface area contributed by atoms with Gasteiger partial charge < -0.3 is 19.5 Å². The number of hydrogen-bond donors (Lipinski definition) is 1. The van der Waals surface area contributed by atoms with Crippen LogP contribution in [0.4, 0.5) is 4.39 Å². The maximum atomic E-state index is 13.5. The highest BCUT2D eigenvalue weighted by Crippen LogP contribution is 2.23. The maximum absolute atomic E-state index is 13.5. The Morgan fingerprint density at radius 3 is 2.58 bits per heavy atom. The van der Waals surface area contributed by atoms with Gasteiger partial charge in [0.1, 0.15) is 17.1 Å². The van der Waals surface area contributed by atoms with E-state index in [1.165, 1.54) is 30.9 Å². The third-order valence-corrected chi connectivity index (χ3v) is 6.03. The fraction of sp³-hybridized carbons (Fsp3) is 0.308. The summed E-state index contributed by atoms with van der Waals surface area (Å²) in [6.45, 7) is 3.05. The van der Waals surface area contributed by atoms with E-state index in [1.807, 2.05) is 18.2 Å². The van der Waals surface area contributed by atoms with Gasteiger partial charge in [-0.2, -0.15) is 0 Å². The Bertz CT molecular complexity index is 1180. The van der Waals surface area contributed by atoms with Crippen LogP contribution in [0.1, 0.15) is 27.2 Å². The maximum Gasteiger partial charge on any atom is 0.257 e. The monoisotopic (exact) mass is 449 g/mol. The molecule has 0 spiro atoms. The van der Waals surface area contributed by atoms with E-state index >= 15 is 0 Å². The first-order valence-electron chi connectivity index (χ1n) is 11.1. The number of benzene rings is 2. The van der Waals surface area contributed by atoms with Crippen LogP contribution in [0.2, 0.25) is 0 Å². The van der Waals surface area contributed by atoms with Gasteiger partial charge in [-0.1, -0.05) is 42.5 Å². The van der Waals surface area contributed by atoms with Gasteiger partial charge in [-0.15, -0.1) is 0 Å². The molecule has 0 atom stereocenters. The Morgan fingerprint density at radius 2 is 1.82 bits per heavy atom. The summed E-state index contributed by atoms with van der Waals surface area (Å²) in [7, 11) is 1.46. The highest BCUT2D eigenvalue weighted by atomic mass is 19.1. The molecule has 2 heterocycles. The first kappa shape index (κ1) is 22.7. The Kier molecular flexibility index (Phi) is 7.19. The molecule has 0 saturated heterocycles. The zero-order valence-electron chi connectivity index (χ0n) is 18.7. The van der Waals surface area contributed by atoms with E-state index in [0.29, 0.717) is 29.8 Å². The van der Waals surface area contributed by atoms with Gasteiger partial charge in [0, 0.05) is 50.9 Å². The Balaban J connectivity index is 1.52. The van der Waals surface area contributed by atoms with Crippen LogP contribution >= 0.6 is 0 Å². The number of aromatic nitrogens is 1. The molecular weight excluding hydrogens is 421 g/mol. The van der Waals surface area contributed by atoms with Gasteiger partial charge in [-0.3, -0.25) is 9.59 Å². The quantitative estimate of drug-likeness (QED) is 0.602. The molecule has 0 bridgehead atoms. The second-order valence-electron chi connectivity index (χ2n) is 8.16. The van der Waals surface area contributed by atoms with E-state index in [1.54, 1.807) is 16.7 Å². The molecule has 0 saturated carbocycles. The van der Waals surface area contributed by atoms with Crippen LogP contribution in [0.25, 0.3) is 0 Å². The fourth-order valence-corrected chi connectivity index (χ4v) is 4.27. The minimum Gasteiger partial charge on any atom is -0.496 e. The van der Waals surface area contributed by atoms with Crippen molar-refractivity contribution >= 4 is 5.91 Å². The van der Waals surface area contributed by atoms with Crippen molar-refractivity contribution in [2.45, 2.75) is 25.9 Å². The molecule has 33 heavy (non-hydrogen) atoms. The van der Waals surface area contributed by atoms with Crippen molar-refractivity contribution < 1.29 is 13.9 Å². The molecule has 0 radical (unpaired) electrons. The SMILES string of the molecule is COc1cc(=O)n2c(c1C(=O)NCc1cccc(F)c1)CCN(CCc1ccccc1)CC2. The van der Waals surface area contributed by atoms with Crippen LogP contribution in [0.5, 0.6) is 5.75 Å². The predicted molar refractivity (Wildman–Crippen MR) is 125 cm³/mol. The van der Waals surface area contributed by atoms with Crippen molar-refractivity contribution in [1.82, 2.24) is 14.8 Å². The van der Waals surface area contributed by atoms with Crippen LogP contribution in [0.15, 0.2) is 65.5 Å². The number of halogens is 1. The van der Waals surface area contributed by atoms with Gasteiger partial charge in [0.05, 0.1) is 7.11 Å². The molecule has 172 valence electrons. The van der Waals surface area contributed by atoms with Crippen LogP contribution in [-0.4, -0.2) is 42.1 Å². The van der Waals surface area contributed by atoms with Crippen molar-refractivity contribution in [3.63, 3.8) is 0 Å². The van der Waals surface area contributed by atoms with Gasteiger partial charge in [-0.25, -0.2) is 4.39 Å². The van der Waals surface area contributed by atoms with Gasteiger partial charge >= 0.3 is 0 Å². The number of nitrogens with zero attached hydrogens (tertiary/aromatic N) is 2. The van der Waals surface area contributed by atoms with Crippen LogP contribution in [0, 0.1) is 5.82 Å². The zero-order valence-corrected chi connectivity index (χ0v) is 18.7. The Morgan fingerprint density at radius 1 is 1.03 bits per heavy atom. The smallest absolute Gasteiger partial charge is 0.257 e. The summed E-state index contributed by atoms with van der Waals surface area (Å²) in [6, 6.07) is 17.8. The highest BCUT2D eigenvalue weighted by Gasteiger charge is 2.25. The lowest BCUT2D eigenvalue weighted by atomic mass is 10.1. The first-order valence-corrected chi connectivity index (χ1v) is 11.1. The molecule has 1 N–H and O–H groups in total. The van der Waals surface area contributed by atoms with Gasteiger partial charge in [0.15, 0.2) is 0 Å². The molecule has 6 nitrogen and oxygen atoms in total. The lowest BCUT2D eigenvalue weighted by molar-refractivity contribution is 0.0945. The minimum atomic E-state index is -0.352. The summed E-state index contributed by atoms with van der Waals surface area (Å²) < 4.78 is 20.6. The standard InChI is InChI=1S/C26H28FN3O3/c1-33-23-17-24(31)30-15-14-29(12-10-19-6-3-2-4-7-19)13-11-22(30)25(23)26(32)28-18-20-8-5-9-21(27)16-20/h2-9,16-17H,10-15,18H2,1H3,(H,28,32). The third kappa shape index (κ3) is 5.49. The van der Waals surface area contributed by atoms with E-state index < -0.39 is 0 Å². The van der Waals surface area contributed by atoms with Gasteiger partial charge in [0.25, 0.3) is 11.5 Å². The molecule has 1 aliphatic heterocycles. The van der Waals surface area contributed by atoms with Crippen molar-refractivity contribution in [2.24, 2.45) is 0 Å². The number of rotatable bonds is 7. The van der Waals surface area contributed by atoms with Crippen molar-refractivity contribution in [2.75, 3.05) is 26.7 Å². The number of fused-ring (bicyclic) bond motifs is 1. The fourth-order valence-electron chi connectivity index (χ4n) is 4.27. The molecular formula is C26H28FN3O3. The molecule has 0 aliphatic carbocycles. The molecule has 3 aromatic rings. The number of ether oxygens (including phenoxy) is 1. The van der Waals surface area contributed by atoms with Crippen molar-refractivity contribution in [3.05, 3.63) is 99.2 Å². The molecule has 1 amide bonds. The Labute approximate surface area is 192 Å². The molecule has 4 rings (SSSR count). The molecule has 1 aliphatic rings. The largest absolute Gasteiger partial charge is 0.496 e. The van der Waals surface area contributed by atoms with E-state index in [9.17, 15) is 14.0 Å². The van der Waals surface area contributed by atoms with Gasteiger partial charge in [-0.05, 0) is 29.7 Å². The summed E-state index contributed by atoms with van der Waals surface area (Å²) in [5.41, 5.74) is 2.81. The van der Waals surface area contributed by atoms with E-state index in [-0.39, 0.29) is 29.6 Å². The highest BCUT2D eigenvalue weighted by molar-refractivity contribution is 5.98. The zero-order chi connectivity index (χ0) is 23.2. The topological polar surface area (TPSA) is 63.6 Å². The summed E-state index contributed by atoms with van der Waals surface area (Å²) in [5.74, 6) is -0.423. The average molecular weight is 450 g/mol. The van der Waals surface area contributed by atoms with Crippen LogP contribution in [-0.2, 0) is 25.9 Å². The molecule has 0 unspecified atom stereocenters. The number of amides is 1. The number of hydrogen-bond acceptors (Lipinski definition) is 4.